The van der Waals surface area contributed by atoms with Gasteiger partial charge in [-0.25, -0.2) is 0 Å². The van der Waals surface area contributed by atoms with Crippen LogP contribution in [0.2, 0.25) is 0 Å². The van der Waals surface area contributed by atoms with Crippen molar-refractivity contribution in [1.29, 1.82) is 0 Å². The summed E-state index contributed by atoms with van der Waals surface area (Å²) >= 11 is 0.780. The van der Waals surface area contributed by atoms with Crippen LogP contribution in [-0.2, 0) is 9.53 Å². The summed E-state index contributed by atoms with van der Waals surface area (Å²) < 4.78 is 9.69. The average Bonchev–Trinajstić information content (AvgIpc) is 3.56. The number of ether oxygens (including phenoxy) is 1. The van der Waals surface area contributed by atoms with Crippen molar-refractivity contribution >= 4 is 46.3 Å². The third-order valence-electron chi connectivity index (χ3n) is 6.51. The molecule has 1 aliphatic heterocycles. The molecule has 1 aromatic heterocycles. The molecule has 0 radical (unpaired) electrons. The first-order valence-electron chi connectivity index (χ1n) is 12.3. The van der Waals surface area contributed by atoms with E-state index < -0.39 is 17.9 Å². The zero-order valence-corrected chi connectivity index (χ0v) is 22.5. The molecule has 200 valence electrons. The van der Waals surface area contributed by atoms with E-state index in [0.717, 1.165) is 35.6 Å². The number of para-hydroxylation sites is 1. The topological polar surface area (TPSA) is 144 Å². The minimum absolute atomic E-state index is 0.0314. The molecule has 11 heteroatoms. The first-order valence-corrected chi connectivity index (χ1v) is 13.1. The van der Waals surface area contributed by atoms with Crippen LogP contribution in [0.1, 0.15) is 50.2 Å². The van der Waals surface area contributed by atoms with Crippen molar-refractivity contribution in [3.8, 4) is 0 Å². The van der Waals surface area contributed by atoms with Gasteiger partial charge in [0.15, 0.2) is 5.69 Å². The van der Waals surface area contributed by atoms with Gasteiger partial charge in [0, 0.05) is 38.6 Å². The number of hydrogen-bond donors (Lipinski definition) is 3. The number of aromatic nitrogens is 1. The normalized spacial score (nSPS) is 15.6. The monoisotopic (exact) mass is 536 g/mol. The molecule has 2 atom stereocenters. The minimum Gasteiger partial charge on any atom is -0.395 e. The number of nitrogen functional groups attached to an aromatic ring is 1. The molecule has 2 aromatic carbocycles. The lowest BCUT2D eigenvalue weighted by atomic mass is 10.0. The van der Waals surface area contributed by atoms with Crippen molar-refractivity contribution in [3.05, 3.63) is 70.2 Å². The van der Waals surface area contributed by atoms with Gasteiger partial charge in [0.2, 0.25) is 5.91 Å². The number of amides is 3. The third kappa shape index (κ3) is 5.63. The van der Waals surface area contributed by atoms with E-state index in [9.17, 15) is 14.4 Å². The summed E-state index contributed by atoms with van der Waals surface area (Å²) in [5.74, 6) is -1.76. The standard InChI is InChI=1S/C27H32N6O4S/c1-16-7-4-5-9-20(16)33(27(36)24-21(28)22(25(29)34)31-38-24)23(17-10-12-18(13-11-17)32(2)3)26(35)30-15-19-8-6-14-37-19/h4-5,7,9-13,19,23H,6,8,14-15,28H2,1-3H3,(H2,29,34)(H,30,35)/t19-,23+/m1/s1. The predicted octanol–water partition coefficient (Wildman–Crippen LogP) is 2.88. The summed E-state index contributed by atoms with van der Waals surface area (Å²) in [5.41, 5.74) is 14.1. The van der Waals surface area contributed by atoms with Crippen LogP contribution in [0.25, 0.3) is 0 Å². The Morgan fingerprint density at radius 2 is 1.87 bits per heavy atom. The van der Waals surface area contributed by atoms with Crippen LogP contribution in [0, 0.1) is 6.92 Å². The van der Waals surface area contributed by atoms with E-state index >= 15 is 0 Å². The molecule has 0 unspecified atom stereocenters. The third-order valence-corrected chi connectivity index (χ3v) is 7.36. The number of carbonyl (C=O) groups is 3. The zero-order valence-electron chi connectivity index (χ0n) is 21.6. The summed E-state index contributed by atoms with van der Waals surface area (Å²) in [4.78, 5) is 43.2. The molecule has 5 N–H and O–H groups in total. The van der Waals surface area contributed by atoms with Crippen LogP contribution in [0.4, 0.5) is 17.1 Å². The summed E-state index contributed by atoms with van der Waals surface area (Å²) in [6.45, 7) is 2.85. The summed E-state index contributed by atoms with van der Waals surface area (Å²) in [5, 5.41) is 2.99. The second kappa shape index (κ2) is 11.6. The van der Waals surface area contributed by atoms with Gasteiger partial charge in [0.25, 0.3) is 11.8 Å². The van der Waals surface area contributed by atoms with Crippen molar-refractivity contribution in [3.63, 3.8) is 0 Å². The summed E-state index contributed by atoms with van der Waals surface area (Å²) in [6.07, 6.45) is 1.72. The Hall–Kier alpha value is -3.96. The van der Waals surface area contributed by atoms with Crippen molar-refractivity contribution in [2.45, 2.75) is 31.9 Å². The first-order chi connectivity index (χ1) is 18.2. The molecule has 3 amide bonds. The Bertz CT molecular complexity index is 1320. The van der Waals surface area contributed by atoms with Crippen LogP contribution in [0.3, 0.4) is 0 Å². The van der Waals surface area contributed by atoms with E-state index in [0.29, 0.717) is 24.4 Å². The van der Waals surface area contributed by atoms with Crippen LogP contribution in [0.5, 0.6) is 0 Å². The molecule has 3 aromatic rings. The van der Waals surface area contributed by atoms with Gasteiger partial charge in [-0.2, -0.15) is 4.37 Å². The van der Waals surface area contributed by atoms with Crippen molar-refractivity contribution in [2.75, 3.05) is 42.8 Å². The molecule has 38 heavy (non-hydrogen) atoms. The second-order valence-electron chi connectivity index (χ2n) is 9.37. The van der Waals surface area contributed by atoms with Gasteiger partial charge in [-0.15, -0.1) is 0 Å². The smallest absolute Gasteiger partial charge is 0.273 e. The maximum atomic E-state index is 14.2. The van der Waals surface area contributed by atoms with Gasteiger partial charge in [-0.3, -0.25) is 19.3 Å². The lowest BCUT2D eigenvalue weighted by Gasteiger charge is -2.32. The van der Waals surface area contributed by atoms with Crippen molar-refractivity contribution in [2.24, 2.45) is 5.73 Å². The number of rotatable bonds is 9. The molecule has 1 fully saturated rings. The van der Waals surface area contributed by atoms with Crippen LogP contribution >= 0.6 is 11.5 Å². The average molecular weight is 537 g/mol. The van der Waals surface area contributed by atoms with Gasteiger partial charge in [-0.05, 0) is 60.6 Å². The SMILES string of the molecule is Cc1ccccc1N(C(=O)c1snc(C(N)=O)c1N)[C@H](C(=O)NC[C@H]1CCCO1)c1ccc(N(C)C)cc1. The highest BCUT2D eigenvalue weighted by atomic mass is 32.1. The van der Waals surface area contributed by atoms with Gasteiger partial charge < -0.3 is 26.4 Å². The molecule has 1 aliphatic rings. The molecule has 0 saturated carbocycles. The van der Waals surface area contributed by atoms with Gasteiger partial charge in [0.1, 0.15) is 10.9 Å². The number of anilines is 3. The Morgan fingerprint density at radius 3 is 2.45 bits per heavy atom. The van der Waals surface area contributed by atoms with Gasteiger partial charge in [0.05, 0.1) is 11.8 Å². The van der Waals surface area contributed by atoms with Gasteiger partial charge in [-0.1, -0.05) is 30.3 Å². The number of aryl methyl sites for hydroxylation is 1. The van der Waals surface area contributed by atoms with Crippen molar-refractivity contribution < 1.29 is 19.1 Å². The number of primary amides is 1. The lowest BCUT2D eigenvalue weighted by Crippen LogP contribution is -2.46. The molecule has 10 nitrogen and oxygen atoms in total. The fourth-order valence-corrected chi connectivity index (χ4v) is 5.17. The van der Waals surface area contributed by atoms with E-state index in [2.05, 4.69) is 9.69 Å². The number of nitrogens with one attached hydrogen (secondary N) is 1. The molecule has 2 heterocycles. The molecular weight excluding hydrogens is 504 g/mol. The van der Waals surface area contributed by atoms with E-state index in [1.165, 1.54) is 4.90 Å². The van der Waals surface area contributed by atoms with Crippen LogP contribution in [-0.4, -0.2) is 55.4 Å². The molecule has 0 bridgehead atoms. The summed E-state index contributed by atoms with van der Waals surface area (Å²) in [7, 11) is 3.85. The number of nitrogens with two attached hydrogens (primary N) is 2. The second-order valence-corrected chi connectivity index (χ2v) is 10.1. The molecule has 0 spiro atoms. The largest absolute Gasteiger partial charge is 0.395 e. The van der Waals surface area contributed by atoms with E-state index in [-0.39, 0.29) is 28.3 Å². The Balaban J connectivity index is 1.83. The summed E-state index contributed by atoms with van der Waals surface area (Å²) in [6, 6.07) is 13.7. The number of nitrogens with zero attached hydrogens (tertiary/aromatic N) is 3. The highest BCUT2D eigenvalue weighted by Gasteiger charge is 2.37. The number of hydrogen-bond acceptors (Lipinski definition) is 8. The highest BCUT2D eigenvalue weighted by Crippen LogP contribution is 2.35. The number of carbonyl (C=O) groups excluding carboxylic acids is 3. The maximum Gasteiger partial charge on any atom is 0.273 e. The Morgan fingerprint density at radius 1 is 1.16 bits per heavy atom. The highest BCUT2D eigenvalue weighted by molar-refractivity contribution is 7.09. The first kappa shape index (κ1) is 27.1. The molecule has 0 aliphatic carbocycles. The molecule has 4 rings (SSSR count). The van der Waals surface area contributed by atoms with E-state index in [4.69, 9.17) is 16.2 Å². The maximum absolute atomic E-state index is 14.2. The van der Waals surface area contributed by atoms with Gasteiger partial charge >= 0.3 is 0 Å². The zero-order chi connectivity index (χ0) is 27.4. The molecule has 1 saturated heterocycles. The van der Waals surface area contributed by atoms with E-state index in [1.807, 2.05) is 62.3 Å². The lowest BCUT2D eigenvalue weighted by molar-refractivity contribution is -0.123. The quantitative estimate of drug-likeness (QED) is 0.381. The van der Waals surface area contributed by atoms with Crippen LogP contribution < -0.4 is 26.6 Å². The van der Waals surface area contributed by atoms with Crippen molar-refractivity contribution in [1.82, 2.24) is 9.69 Å². The fraction of sp³-hybridized carbons (Fsp3) is 0.333. The molecular formula is C27H32N6O4S. The number of benzene rings is 2. The predicted molar refractivity (Wildman–Crippen MR) is 149 cm³/mol. The fourth-order valence-electron chi connectivity index (χ4n) is 4.43. The van der Waals surface area contributed by atoms with Crippen LogP contribution in [0.15, 0.2) is 48.5 Å². The Labute approximate surface area is 225 Å². The Kier molecular flexibility index (Phi) is 8.28. The minimum atomic E-state index is -1.04. The van der Waals surface area contributed by atoms with E-state index in [1.54, 1.807) is 12.1 Å².